The summed E-state index contributed by atoms with van der Waals surface area (Å²) in [6, 6.07) is 8.99. The Balaban J connectivity index is 1.67. The van der Waals surface area contributed by atoms with Gasteiger partial charge in [-0.3, -0.25) is 0 Å². The fourth-order valence-electron chi connectivity index (χ4n) is 2.93. The Morgan fingerprint density at radius 1 is 1.35 bits per heavy atom. The number of nitrogens with one attached hydrogen (secondary N) is 2. The molecule has 0 aromatic heterocycles. The molecule has 6 heteroatoms. The van der Waals surface area contributed by atoms with Crippen LogP contribution in [0.1, 0.15) is 30.5 Å². The Morgan fingerprint density at radius 3 is 2.88 bits per heavy atom. The van der Waals surface area contributed by atoms with Crippen LogP contribution < -0.4 is 20.1 Å². The zero-order chi connectivity index (χ0) is 18.7. The van der Waals surface area contributed by atoms with Crippen molar-refractivity contribution >= 4 is 23.0 Å². The molecule has 1 aliphatic heterocycles. The molecule has 0 fully saturated rings. The number of benzene rings is 2. The predicted octanol–water partition coefficient (Wildman–Crippen LogP) is 4.34. The van der Waals surface area contributed by atoms with E-state index in [-0.39, 0.29) is 11.9 Å². The standard InChI is InChI=1S/C20H23FN2O2S/c1-4-24-18-8-14-7-13(3)25-19(14)9-15(18)11-22-20(26)23-16-6-5-12(2)17(21)10-16/h5-6,8-10,13H,4,7,11H2,1-3H3,(H2,22,23,26)/t13-/m0/s1. The first-order chi connectivity index (χ1) is 12.5. The van der Waals surface area contributed by atoms with Crippen molar-refractivity contribution in [1.82, 2.24) is 5.32 Å². The summed E-state index contributed by atoms with van der Waals surface area (Å²) in [5.74, 6) is 1.47. The molecule has 1 aliphatic rings. The van der Waals surface area contributed by atoms with Crippen molar-refractivity contribution in [2.75, 3.05) is 11.9 Å². The fraction of sp³-hybridized carbons (Fsp3) is 0.350. The highest BCUT2D eigenvalue weighted by atomic mass is 32.1. The summed E-state index contributed by atoms with van der Waals surface area (Å²) in [7, 11) is 0. The average molecular weight is 374 g/mol. The molecule has 1 atom stereocenters. The third kappa shape index (κ3) is 4.25. The van der Waals surface area contributed by atoms with Crippen LogP contribution in [0, 0.1) is 12.7 Å². The highest BCUT2D eigenvalue weighted by Crippen LogP contribution is 2.35. The Morgan fingerprint density at radius 2 is 2.15 bits per heavy atom. The molecule has 0 spiro atoms. The third-order valence-electron chi connectivity index (χ3n) is 4.25. The molecule has 3 rings (SSSR count). The minimum Gasteiger partial charge on any atom is -0.494 e. The summed E-state index contributed by atoms with van der Waals surface area (Å²) in [6.45, 7) is 6.81. The van der Waals surface area contributed by atoms with E-state index < -0.39 is 0 Å². The van der Waals surface area contributed by atoms with Crippen molar-refractivity contribution in [3.05, 3.63) is 52.8 Å². The number of ether oxygens (including phenoxy) is 2. The second-order valence-electron chi connectivity index (χ2n) is 6.40. The Hall–Kier alpha value is -2.34. The van der Waals surface area contributed by atoms with Crippen LogP contribution in [-0.2, 0) is 13.0 Å². The van der Waals surface area contributed by atoms with Gasteiger partial charge in [0.1, 0.15) is 23.4 Å². The highest BCUT2D eigenvalue weighted by Gasteiger charge is 2.21. The van der Waals surface area contributed by atoms with Crippen LogP contribution >= 0.6 is 12.2 Å². The Labute approximate surface area is 158 Å². The summed E-state index contributed by atoms with van der Waals surface area (Å²) in [6.07, 6.45) is 1.07. The zero-order valence-electron chi connectivity index (χ0n) is 15.2. The van der Waals surface area contributed by atoms with Crippen molar-refractivity contribution in [3.8, 4) is 11.5 Å². The zero-order valence-corrected chi connectivity index (χ0v) is 16.0. The topological polar surface area (TPSA) is 42.5 Å². The van der Waals surface area contributed by atoms with Gasteiger partial charge in [0.05, 0.1) is 6.61 Å². The van der Waals surface area contributed by atoms with Gasteiger partial charge >= 0.3 is 0 Å². The summed E-state index contributed by atoms with van der Waals surface area (Å²) in [5, 5.41) is 6.57. The van der Waals surface area contributed by atoms with Crippen molar-refractivity contribution in [3.63, 3.8) is 0 Å². The first kappa shape index (κ1) is 18.5. The Bertz CT molecular complexity index is 826. The van der Waals surface area contributed by atoms with Crippen LogP contribution in [0.5, 0.6) is 11.5 Å². The largest absolute Gasteiger partial charge is 0.494 e. The van der Waals surface area contributed by atoms with E-state index in [0.29, 0.717) is 29.5 Å². The van der Waals surface area contributed by atoms with E-state index >= 15 is 0 Å². The van der Waals surface area contributed by atoms with Crippen LogP contribution in [0.4, 0.5) is 10.1 Å². The lowest BCUT2D eigenvalue weighted by atomic mass is 10.1. The molecule has 0 amide bonds. The molecule has 0 bridgehead atoms. The summed E-state index contributed by atoms with van der Waals surface area (Å²) in [5.41, 5.74) is 3.35. The lowest BCUT2D eigenvalue weighted by Gasteiger charge is -2.15. The summed E-state index contributed by atoms with van der Waals surface area (Å²) >= 11 is 5.32. The van der Waals surface area contributed by atoms with E-state index in [9.17, 15) is 4.39 Å². The molecule has 26 heavy (non-hydrogen) atoms. The van der Waals surface area contributed by atoms with Crippen molar-refractivity contribution in [2.24, 2.45) is 0 Å². The van der Waals surface area contributed by atoms with Gasteiger partial charge in [-0.1, -0.05) is 6.07 Å². The van der Waals surface area contributed by atoms with Gasteiger partial charge in [-0.2, -0.15) is 0 Å². The number of fused-ring (bicyclic) bond motifs is 1. The first-order valence-corrected chi connectivity index (χ1v) is 9.13. The summed E-state index contributed by atoms with van der Waals surface area (Å²) in [4.78, 5) is 0. The number of halogens is 1. The van der Waals surface area contributed by atoms with Gasteiger partial charge in [0, 0.05) is 29.8 Å². The molecule has 1 heterocycles. The number of hydrogen-bond donors (Lipinski definition) is 2. The molecule has 2 aromatic carbocycles. The first-order valence-electron chi connectivity index (χ1n) is 8.72. The van der Waals surface area contributed by atoms with Gasteiger partial charge in [0.15, 0.2) is 5.11 Å². The molecule has 2 N–H and O–H groups in total. The average Bonchev–Trinajstić information content (AvgIpc) is 2.95. The van der Waals surface area contributed by atoms with Gasteiger partial charge < -0.3 is 20.1 Å². The number of thiocarbonyl (C=S) groups is 1. The molecule has 0 saturated heterocycles. The highest BCUT2D eigenvalue weighted by molar-refractivity contribution is 7.80. The maximum absolute atomic E-state index is 13.6. The van der Waals surface area contributed by atoms with Crippen molar-refractivity contribution in [1.29, 1.82) is 0 Å². The molecular formula is C20H23FN2O2S. The predicted molar refractivity (Wildman–Crippen MR) is 106 cm³/mol. The smallest absolute Gasteiger partial charge is 0.171 e. The quantitative estimate of drug-likeness (QED) is 0.762. The molecule has 2 aromatic rings. The Kier molecular flexibility index (Phi) is 5.61. The number of anilines is 1. The molecule has 0 aliphatic carbocycles. The SMILES string of the molecule is CCOc1cc2c(cc1CNC(=S)Nc1ccc(C)c(F)c1)O[C@@H](C)C2. The molecule has 4 nitrogen and oxygen atoms in total. The van der Waals surface area contributed by atoms with Gasteiger partial charge in [-0.15, -0.1) is 0 Å². The second-order valence-corrected chi connectivity index (χ2v) is 6.81. The monoisotopic (exact) mass is 374 g/mol. The van der Waals surface area contributed by atoms with Gasteiger partial charge in [0.25, 0.3) is 0 Å². The minimum atomic E-state index is -0.263. The van der Waals surface area contributed by atoms with Crippen molar-refractivity contribution in [2.45, 2.75) is 39.8 Å². The van der Waals surface area contributed by atoms with Crippen LogP contribution in [0.25, 0.3) is 0 Å². The van der Waals surface area contributed by atoms with E-state index in [4.69, 9.17) is 21.7 Å². The van der Waals surface area contributed by atoms with E-state index in [1.165, 1.54) is 11.6 Å². The van der Waals surface area contributed by atoms with E-state index in [0.717, 1.165) is 23.5 Å². The van der Waals surface area contributed by atoms with Gasteiger partial charge in [-0.25, -0.2) is 4.39 Å². The molecule has 0 unspecified atom stereocenters. The lowest BCUT2D eigenvalue weighted by Crippen LogP contribution is -2.28. The van der Waals surface area contributed by atoms with Crippen LogP contribution in [0.15, 0.2) is 30.3 Å². The van der Waals surface area contributed by atoms with E-state index in [2.05, 4.69) is 17.6 Å². The third-order valence-corrected chi connectivity index (χ3v) is 4.49. The van der Waals surface area contributed by atoms with Crippen LogP contribution in [0.2, 0.25) is 0 Å². The van der Waals surface area contributed by atoms with Crippen LogP contribution in [-0.4, -0.2) is 17.8 Å². The molecule has 138 valence electrons. The van der Waals surface area contributed by atoms with Crippen molar-refractivity contribution < 1.29 is 13.9 Å². The van der Waals surface area contributed by atoms with E-state index in [1.54, 1.807) is 19.1 Å². The lowest BCUT2D eigenvalue weighted by molar-refractivity contribution is 0.254. The second kappa shape index (κ2) is 7.91. The maximum atomic E-state index is 13.6. The van der Waals surface area contributed by atoms with E-state index in [1.807, 2.05) is 19.1 Å². The van der Waals surface area contributed by atoms with Gasteiger partial charge in [0.2, 0.25) is 0 Å². The summed E-state index contributed by atoms with van der Waals surface area (Å²) < 4.78 is 25.2. The fourth-order valence-corrected chi connectivity index (χ4v) is 3.12. The maximum Gasteiger partial charge on any atom is 0.171 e. The van der Waals surface area contributed by atoms with Crippen LogP contribution in [0.3, 0.4) is 0 Å². The number of rotatable bonds is 5. The molecule has 0 saturated carbocycles. The number of aryl methyl sites for hydroxylation is 1. The molecule has 0 radical (unpaired) electrons. The number of hydrogen-bond acceptors (Lipinski definition) is 3. The van der Waals surface area contributed by atoms with Gasteiger partial charge in [-0.05, 0) is 62.8 Å². The minimum absolute atomic E-state index is 0.182. The molecular weight excluding hydrogens is 351 g/mol. The normalized spacial score (nSPS) is 15.2.